The van der Waals surface area contributed by atoms with Crippen LogP contribution in [0.2, 0.25) is 0 Å². The predicted octanol–water partition coefficient (Wildman–Crippen LogP) is 2.48. The Balaban J connectivity index is 2.78. The molecule has 0 aromatic heterocycles. The van der Waals surface area contributed by atoms with Gasteiger partial charge in [-0.3, -0.25) is 4.79 Å². The lowest BCUT2D eigenvalue weighted by atomic mass is 10.1. The van der Waals surface area contributed by atoms with Crippen LogP contribution >= 0.6 is 0 Å². The molecule has 0 saturated heterocycles. The highest BCUT2D eigenvalue weighted by atomic mass is 19.1. The van der Waals surface area contributed by atoms with Crippen molar-refractivity contribution in [3.8, 4) is 11.8 Å². The van der Waals surface area contributed by atoms with E-state index in [0.29, 0.717) is 12.0 Å². The van der Waals surface area contributed by atoms with Gasteiger partial charge in [0.1, 0.15) is 5.82 Å². The van der Waals surface area contributed by atoms with Gasteiger partial charge < -0.3 is 10.4 Å². The number of halogens is 1. The Morgan fingerprint density at radius 3 is 2.85 bits per heavy atom. The van der Waals surface area contributed by atoms with E-state index >= 15 is 0 Å². The van der Waals surface area contributed by atoms with Gasteiger partial charge in [0, 0.05) is 18.0 Å². The Morgan fingerprint density at radius 1 is 1.50 bits per heavy atom. The van der Waals surface area contributed by atoms with E-state index in [9.17, 15) is 9.18 Å². The van der Waals surface area contributed by atoms with E-state index in [1.54, 1.807) is 6.07 Å². The third kappa shape index (κ3) is 5.02. The van der Waals surface area contributed by atoms with E-state index < -0.39 is 11.7 Å². The SMILES string of the molecule is CCCC(C)NC(=O)c1ccc(C#CCCO)cc1F. The average molecular weight is 277 g/mol. The van der Waals surface area contributed by atoms with Gasteiger partial charge >= 0.3 is 0 Å². The van der Waals surface area contributed by atoms with E-state index in [4.69, 9.17) is 5.11 Å². The quantitative estimate of drug-likeness (QED) is 0.812. The smallest absolute Gasteiger partial charge is 0.254 e. The molecule has 1 atom stereocenters. The summed E-state index contributed by atoms with van der Waals surface area (Å²) in [6.45, 7) is 3.91. The highest BCUT2D eigenvalue weighted by Gasteiger charge is 2.13. The van der Waals surface area contributed by atoms with Crippen molar-refractivity contribution in [2.45, 2.75) is 39.2 Å². The highest BCUT2D eigenvalue weighted by molar-refractivity contribution is 5.94. The third-order valence-corrected chi connectivity index (χ3v) is 2.78. The summed E-state index contributed by atoms with van der Waals surface area (Å²) in [5.41, 5.74) is 0.523. The topological polar surface area (TPSA) is 49.3 Å². The molecule has 1 aromatic carbocycles. The van der Waals surface area contributed by atoms with Gasteiger partial charge in [-0.2, -0.15) is 0 Å². The predicted molar refractivity (Wildman–Crippen MR) is 76.8 cm³/mol. The van der Waals surface area contributed by atoms with Crippen molar-refractivity contribution in [3.05, 3.63) is 35.1 Å². The Bertz CT molecular complexity index is 517. The molecule has 1 unspecified atom stereocenters. The fourth-order valence-electron chi connectivity index (χ4n) is 1.80. The lowest BCUT2D eigenvalue weighted by Crippen LogP contribution is -2.32. The monoisotopic (exact) mass is 277 g/mol. The molecule has 1 rings (SSSR count). The minimum atomic E-state index is -0.581. The number of carbonyl (C=O) groups excluding carboxylic acids is 1. The van der Waals surface area contributed by atoms with Crippen molar-refractivity contribution in [2.24, 2.45) is 0 Å². The molecule has 0 aliphatic heterocycles. The zero-order chi connectivity index (χ0) is 15.0. The van der Waals surface area contributed by atoms with Gasteiger partial charge in [0.25, 0.3) is 5.91 Å². The molecular formula is C16H20FNO2. The summed E-state index contributed by atoms with van der Waals surface area (Å²) in [5.74, 6) is 4.46. The molecule has 108 valence electrons. The molecule has 0 fully saturated rings. The van der Waals surface area contributed by atoms with Crippen LogP contribution in [0.4, 0.5) is 4.39 Å². The van der Waals surface area contributed by atoms with Gasteiger partial charge in [-0.25, -0.2) is 4.39 Å². The first-order valence-electron chi connectivity index (χ1n) is 6.78. The van der Waals surface area contributed by atoms with Crippen LogP contribution in [0.5, 0.6) is 0 Å². The van der Waals surface area contributed by atoms with E-state index in [1.807, 2.05) is 13.8 Å². The van der Waals surface area contributed by atoms with Crippen molar-refractivity contribution in [2.75, 3.05) is 6.61 Å². The first-order valence-corrected chi connectivity index (χ1v) is 6.78. The molecule has 0 aliphatic rings. The normalized spacial score (nSPS) is 11.4. The number of aliphatic hydroxyl groups excluding tert-OH is 1. The summed E-state index contributed by atoms with van der Waals surface area (Å²) in [4.78, 5) is 11.9. The second kappa shape index (κ2) is 8.34. The van der Waals surface area contributed by atoms with Crippen LogP contribution in [-0.4, -0.2) is 23.7 Å². The summed E-state index contributed by atoms with van der Waals surface area (Å²) >= 11 is 0. The number of amides is 1. The minimum absolute atomic E-state index is 0.0225. The van der Waals surface area contributed by atoms with Gasteiger partial charge in [0.15, 0.2) is 0 Å². The molecule has 0 bridgehead atoms. The first kappa shape index (κ1) is 16.2. The summed E-state index contributed by atoms with van der Waals surface area (Å²) in [6.07, 6.45) is 2.17. The van der Waals surface area contributed by atoms with Crippen molar-refractivity contribution in [3.63, 3.8) is 0 Å². The third-order valence-electron chi connectivity index (χ3n) is 2.78. The number of nitrogens with one attached hydrogen (secondary N) is 1. The molecular weight excluding hydrogens is 257 g/mol. The zero-order valence-electron chi connectivity index (χ0n) is 11.9. The maximum absolute atomic E-state index is 13.9. The Labute approximate surface area is 119 Å². The highest BCUT2D eigenvalue weighted by Crippen LogP contribution is 2.10. The lowest BCUT2D eigenvalue weighted by Gasteiger charge is -2.13. The number of aliphatic hydroxyl groups is 1. The standard InChI is InChI=1S/C16H20FNO2/c1-3-6-12(2)18-16(20)14-9-8-13(11-15(14)17)7-4-5-10-19/h8-9,11-12,19H,3,5-6,10H2,1-2H3,(H,18,20). The van der Waals surface area contributed by atoms with Crippen molar-refractivity contribution in [1.82, 2.24) is 5.32 Å². The van der Waals surface area contributed by atoms with Crippen LogP contribution in [0.3, 0.4) is 0 Å². The molecule has 1 amide bonds. The molecule has 2 N–H and O–H groups in total. The summed E-state index contributed by atoms with van der Waals surface area (Å²) in [7, 11) is 0. The zero-order valence-corrected chi connectivity index (χ0v) is 11.9. The lowest BCUT2D eigenvalue weighted by molar-refractivity contribution is 0.0934. The first-order chi connectivity index (χ1) is 9.58. The Kier molecular flexibility index (Phi) is 6.75. The minimum Gasteiger partial charge on any atom is -0.395 e. The van der Waals surface area contributed by atoms with Crippen LogP contribution in [0.15, 0.2) is 18.2 Å². The molecule has 0 radical (unpaired) electrons. The van der Waals surface area contributed by atoms with Crippen molar-refractivity contribution < 1.29 is 14.3 Å². The van der Waals surface area contributed by atoms with Crippen molar-refractivity contribution in [1.29, 1.82) is 0 Å². The molecule has 20 heavy (non-hydrogen) atoms. The molecule has 3 nitrogen and oxygen atoms in total. The summed E-state index contributed by atoms with van der Waals surface area (Å²) < 4.78 is 13.9. The van der Waals surface area contributed by atoms with Gasteiger partial charge in [0.2, 0.25) is 0 Å². The average Bonchev–Trinajstić information content (AvgIpc) is 2.39. The summed E-state index contributed by atoms with van der Waals surface area (Å²) in [6, 6.07) is 4.30. The van der Waals surface area contributed by atoms with Gasteiger partial charge in [-0.15, -0.1) is 0 Å². The van der Waals surface area contributed by atoms with E-state index in [1.165, 1.54) is 12.1 Å². The van der Waals surface area contributed by atoms with Crippen LogP contribution in [0.25, 0.3) is 0 Å². The molecule has 0 saturated carbocycles. The molecule has 0 aliphatic carbocycles. The van der Waals surface area contributed by atoms with E-state index in [-0.39, 0.29) is 18.2 Å². The number of hydrogen-bond donors (Lipinski definition) is 2. The number of carbonyl (C=O) groups is 1. The maximum atomic E-state index is 13.9. The Morgan fingerprint density at radius 2 is 2.25 bits per heavy atom. The summed E-state index contributed by atoms with van der Waals surface area (Å²) in [5, 5.41) is 11.4. The largest absolute Gasteiger partial charge is 0.395 e. The van der Waals surface area contributed by atoms with Gasteiger partial charge in [0.05, 0.1) is 12.2 Å². The fourth-order valence-corrected chi connectivity index (χ4v) is 1.80. The van der Waals surface area contributed by atoms with E-state index in [2.05, 4.69) is 17.2 Å². The fraction of sp³-hybridized carbons (Fsp3) is 0.438. The molecule has 1 aromatic rings. The van der Waals surface area contributed by atoms with Crippen LogP contribution < -0.4 is 5.32 Å². The molecule has 0 heterocycles. The maximum Gasteiger partial charge on any atom is 0.254 e. The number of benzene rings is 1. The number of rotatable bonds is 5. The second-order valence-corrected chi connectivity index (χ2v) is 4.63. The van der Waals surface area contributed by atoms with Crippen LogP contribution in [0, 0.1) is 17.7 Å². The van der Waals surface area contributed by atoms with Crippen LogP contribution in [0.1, 0.15) is 49.0 Å². The van der Waals surface area contributed by atoms with Gasteiger partial charge in [-0.05, 0) is 31.5 Å². The molecule has 4 heteroatoms. The van der Waals surface area contributed by atoms with Crippen molar-refractivity contribution >= 4 is 5.91 Å². The number of hydrogen-bond acceptors (Lipinski definition) is 2. The van der Waals surface area contributed by atoms with E-state index in [0.717, 1.165) is 12.8 Å². The van der Waals surface area contributed by atoms with Crippen LogP contribution in [-0.2, 0) is 0 Å². The Hall–Kier alpha value is -1.86. The molecule has 0 spiro atoms. The van der Waals surface area contributed by atoms with Gasteiger partial charge in [-0.1, -0.05) is 25.2 Å². The second-order valence-electron chi connectivity index (χ2n) is 4.63.